The molecule has 394 valence electrons. The third-order valence-electron chi connectivity index (χ3n) is 12.9. The third-order valence-corrected chi connectivity index (χ3v) is 12.9. The van der Waals surface area contributed by atoms with E-state index in [1.165, 1.54) is 9.80 Å². The van der Waals surface area contributed by atoms with Crippen LogP contribution in [0, 0.1) is 5.92 Å². The molecule has 0 radical (unpaired) electrons. The van der Waals surface area contributed by atoms with E-state index >= 15 is 0 Å². The Hall–Kier alpha value is -6.98. The number of esters is 1. The van der Waals surface area contributed by atoms with Crippen LogP contribution in [0.3, 0.4) is 0 Å². The van der Waals surface area contributed by atoms with Crippen molar-refractivity contribution < 1.29 is 52.5 Å². The van der Waals surface area contributed by atoms with Gasteiger partial charge in [0.05, 0.1) is 45.2 Å². The lowest BCUT2D eigenvalue weighted by atomic mass is 9.83. The molecular formula is C55H73N7O11. The molecule has 3 aliphatic rings. The highest BCUT2D eigenvalue weighted by Crippen LogP contribution is 2.31. The van der Waals surface area contributed by atoms with Gasteiger partial charge in [0.1, 0.15) is 42.8 Å². The van der Waals surface area contributed by atoms with Crippen LogP contribution in [0.25, 0.3) is 0 Å². The number of carbonyl (C=O) groups is 6. The van der Waals surface area contributed by atoms with Crippen LogP contribution in [-0.2, 0) is 41.7 Å². The van der Waals surface area contributed by atoms with E-state index in [-0.39, 0.29) is 75.5 Å². The highest BCUT2D eigenvalue weighted by molar-refractivity contribution is 5.98. The molecule has 5 amide bonds. The van der Waals surface area contributed by atoms with Crippen LogP contribution in [0.1, 0.15) is 119 Å². The summed E-state index contributed by atoms with van der Waals surface area (Å²) in [6.45, 7) is 10.3. The summed E-state index contributed by atoms with van der Waals surface area (Å²) in [7, 11) is 1.57. The van der Waals surface area contributed by atoms with Gasteiger partial charge in [0.15, 0.2) is 0 Å². The Morgan fingerprint density at radius 3 is 2.34 bits per heavy atom. The summed E-state index contributed by atoms with van der Waals surface area (Å²) < 4.78 is 27.6. The molecule has 0 bridgehead atoms. The van der Waals surface area contributed by atoms with Gasteiger partial charge in [0, 0.05) is 42.7 Å². The zero-order valence-electron chi connectivity index (χ0n) is 43.3. The first-order chi connectivity index (χ1) is 35.1. The second-order valence-corrected chi connectivity index (χ2v) is 19.6. The predicted octanol–water partition coefficient (Wildman–Crippen LogP) is 8.34. The molecule has 18 heteroatoms. The molecule has 0 aromatic heterocycles. The molecule has 1 aliphatic carbocycles. The number of nitrogens with one attached hydrogen (secondary N) is 2. The Balaban J connectivity index is 1.06. The number of azo groups is 1. The Kier molecular flexibility index (Phi) is 20.6. The first-order valence-electron chi connectivity index (χ1n) is 25.6. The molecule has 0 spiro atoms. The summed E-state index contributed by atoms with van der Waals surface area (Å²) in [5.41, 5.74) is 2.57. The Morgan fingerprint density at radius 2 is 1.62 bits per heavy atom. The second kappa shape index (κ2) is 27.2. The zero-order valence-corrected chi connectivity index (χ0v) is 43.3. The summed E-state index contributed by atoms with van der Waals surface area (Å²) in [6, 6.07) is 20.8. The lowest BCUT2D eigenvalue weighted by Gasteiger charge is -2.35. The fourth-order valence-electron chi connectivity index (χ4n) is 9.22. The summed E-state index contributed by atoms with van der Waals surface area (Å²) in [6.07, 6.45) is 6.98. The van der Waals surface area contributed by atoms with Gasteiger partial charge in [-0.2, -0.15) is 10.2 Å². The smallest absolute Gasteiger partial charge is 0.411 e. The number of nitrogens with zero attached hydrogens (tertiary/aromatic N) is 5. The molecule has 1 saturated carbocycles. The number of hydrogen-bond acceptors (Lipinski definition) is 13. The number of carbonyl (C=O) groups excluding carboxylic acids is 6. The summed E-state index contributed by atoms with van der Waals surface area (Å²) in [5, 5.41) is 14.7. The average Bonchev–Trinajstić information content (AvgIpc) is 3.85. The molecule has 3 aromatic carbocycles. The van der Waals surface area contributed by atoms with Crippen molar-refractivity contribution in [3.05, 3.63) is 107 Å². The number of benzene rings is 3. The van der Waals surface area contributed by atoms with Gasteiger partial charge < -0.3 is 39.2 Å². The molecule has 6 rings (SSSR count). The van der Waals surface area contributed by atoms with Crippen LogP contribution >= 0.6 is 0 Å². The minimum atomic E-state index is -0.789. The van der Waals surface area contributed by atoms with Gasteiger partial charge in [-0.1, -0.05) is 61.7 Å². The van der Waals surface area contributed by atoms with E-state index < -0.39 is 35.8 Å². The van der Waals surface area contributed by atoms with Crippen molar-refractivity contribution in [1.82, 2.24) is 25.3 Å². The van der Waals surface area contributed by atoms with Gasteiger partial charge >= 0.3 is 18.2 Å². The van der Waals surface area contributed by atoms with Gasteiger partial charge in [-0.15, -0.1) is 0 Å². The molecule has 2 heterocycles. The van der Waals surface area contributed by atoms with Crippen LogP contribution in [0.15, 0.2) is 94.8 Å². The van der Waals surface area contributed by atoms with E-state index in [0.717, 1.165) is 56.1 Å². The average molecular weight is 1010 g/mol. The molecule has 73 heavy (non-hydrogen) atoms. The number of ether oxygens (including phenoxy) is 5. The minimum Gasteiger partial charge on any atom is -0.497 e. The van der Waals surface area contributed by atoms with Gasteiger partial charge in [-0.25, -0.2) is 9.59 Å². The van der Waals surface area contributed by atoms with Crippen molar-refractivity contribution >= 4 is 35.9 Å². The Morgan fingerprint density at radius 1 is 0.836 bits per heavy atom. The number of likely N-dealkylation sites (tertiary alicyclic amines) is 1. The van der Waals surface area contributed by atoms with Crippen molar-refractivity contribution in [3.8, 4) is 11.5 Å². The number of rotatable bonds is 22. The topological polar surface area (TPSA) is 207 Å². The van der Waals surface area contributed by atoms with Crippen LogP contribution in [0.5, 0.6) is 11.5 Å². The summed E-state index contributed by atoms with van der Waals surface area (Å²) >= 11 is 0. The minimum absolute atomic E-state index is 0.0502. The number of methoxy groups -OCH3 is 1. The first kappa shape index (κ1) is 55.3. The molecule has 3 atom stereocenters. The summed E-state index contributed by atoms with van der Waals surface area (Å²) in [4.78, 5) is 85.7. The molecule has 2 aliphatic heterocycles. The van der Waals surface area contributed by atoms with Crippen molar-refractivity contribution in [2.24, 2.45) is 16.1 Å². The zero-order chi connectivity index (χ0) is 52.3. The SMILES string of the molecule is CCOC(=O)CN(CCC1C=C(CNC(=O)[C@H](NC(=O)c2cccc(C3CCCN(C(=O)CN(Cc4ccc(OC)cc4OCC)C(=O)OC(C)(C)C)C3)c2)C2CCCCC2)N=N1)C(=O)OCc1ccccc1. The predicted molar refractivity (Wildman–Crippen MR) is 273 cm³/mol. The van der Waals surface area contributed by atoms with E-state index in [1.54, 1.807) is 57.9 Å². The largest absolute Gasteiger partial charge is 0.497 e. The normalized spacial score (nSPS) is 17.1. The fourth-order valence-corrected chi connectivity index (χ4v) is 9.22. The van der Waals surface area contributed by atoms with Crippen LogP contribution in [-0.4, -0.2) is 128 Å². The van der Waals surface area contributed by atoms with Crippen molar-refractivity contribution in [2.75, 3.05) is 59.6 Å². The van der Waals surface area contributed by atoms with Crippen molar-refractivity contribution in [2.45, 2.75) is 123 Å². The highest BCUT2D eigenvalue weighted by Gasteiger charge is 2.34. The lowest BCUT2D eigenvalue weighted by molar-refractivity contribution is -0.144. The highest BCUT2D eigenvalue weighted by atomic mass is 16.6. The molecule has 3 aromatic rings. The van der Waals surface area contributed by atoms with Gasteiger partial charge in [-0.05, 0) is 114 Å². The van der Waals surface area contributed by atoms with Crippen molar-refractivity contribution in [3.63, 3.8) is 0 Å². The third kappa shape index (κ3) is 17.1. The van der Waals surface area contributed by atoms with Crippen LogP contribution in [0.2, 0.25) is 0 Å². The van der Waals surface area contributed by atoms with E-state index in [4.69, 9.17) is 23.7 Å². The monoisotopic (exact) mass is 1010 g/mol. The maximum absolute atomic E-state index is 14.1. The van der Waals surface area contributed by atoms with Crippen molar-refractivity contribution in [1.29, 1.82) is 0 Å². The molecule has 2 fully saturated rings. The Bertz CT molecular complexity index is 2420. The van der Waals surface area contributed by atoms with Gasteiger partial charge in [0.2, 0.25) is 11.8 Å². The number of piperidine rings is 1. The molecule has 2 unspecified atom stereocenters. The van der Waals surface area contributed by atoms with E-state index in [0.29, 0.717) is 54.4 Å². The maximum Gasteiger partial charge on any atom is 0.411 e. The quantitative estimate of drug-likeness (QED) is 0.0723. The van der Waals surface area contributed by atoms with Crippen LogP contribution in [0.4, 0.5) is 9.59 Å². The molecular weight excluding hydrogens is 935 g/mol. The fraction of sp³-hybridized carbons (Fsp3) is 0.527. The molecule has 2 N–H and O–H groups in total. The second-order valence-electron chi connectivity index (χ2n) is 19.6. The summed E-state index contributed by atoms with van der Waals surface area (Å²) in [5.74, 6) is -0.449. The van der Waals surface area contributed by atoms with E-state index in [2.05, 4.69) is 20.9 Å². The molecule has 1 saturated heterocycles. The number of hydrogen-bond donors (Lipinski definition) is 2. The van der Waals surface area contributed by atoms with Gasteiger partial charge in [-0.3, -0.25) is 29.0 Å². The standard InChI is InChI=1S/C55H73N7O11/c1-7-70-47-31-46(69-6)25-24-43(47)34-62(54(68)73-55(3,4)5)35-48(63)60-27-16-23-42(33-60)40-21-15-22-41(29-40)51(65)57-50(39-19-13-10-14-20-39)52(66)56-32-45-30-44(58-59-45)26-28-61(36-49(64)71-8-2)53(67)72-37-38-17-11-9-12-18-38/h9,11-12,15,17-18,21-22,24-25,29-31,39,42,44,50H,7-8,10,13-14,16,19-20,23,26-28,32-37H2,1-6H3,(H,56,66)(H,57,65)/t42?,44?,50-/m1/s1. The first-order valence-corrected chi connectivity index (χ1v) is 25.6. The van der Waals surface area contributed by atoms with Crippen LogP contribution < -0.4 is 20.1 Å². The van der Waals surface area contributed by atoms with Gasteiger partial charge in [0.25, 0.3) is 5.91 Å². The van der Waals surface area contributed by atoms with E-state index in [1.807, 2.05) is 67.6 Å². The Labute approximate surface area is 429 Å². The molecule has 18 nitrogen and oxygen atoms in total. The number of amides is 5. The lowest BCUT2D eigenvalue weighted by Crippen LogP contribution is -2.51. The maximum atomic E-state index is 14.1. The van der Waals surface area contributed by atoms with E-state index in [9.17, 15) is 28.8 Å².